The smallest absolute Gasteiger partial charge is 0.271 e. The highest BCUT2D eigenvalue weighted by atomic mass is 32.2. The molecule has 0 saturated carbocycles. The summed E-state index contributed by atoms with van der Waals surface area (Å²) in [4.78, 5) is 38.4. The van der Waals surface area contributed by atoms with E-state index in [1.54, 1.807) is 52.0 Å². The Labute approximate surface area is 211 Å². The van der Waals surface area contributed by atoms with Crippen molar-refractivity contribution in [2.75, 3.05) is 24.2 Å². The van der Waals surface area contributed by atoms with Crippen LogP contribution >= 0.6 is 0 Å². The predicted molar refractivity (Wildman–Crippen MR) is 136 cm³/mol. The summed E-state index contributed by atoms with van der Waals surface area (Å²) in [6.45, 7) is 6.32. The molecule has 12 heteroatoms. The number of hydrogen-bond acceptors (Lipinski definition) is 7. The zero-order valence-electron chi connectivity index (χ0n) is 21.2. The molecule has 0 radical (unpaired) electrons. The molecule has 196 valence electrons. The molecule has 0 bridgehead atoms. The second-order valence-corrected chi connectivity index (χ2v) is 11.2. The lowest BCUT2D eigenvalue weighted by molar-refractivity contribution is -0.384. The number of ether oxygens (including phenoxy) is 1. The summed E-state index contributed by atoms with van der Waals surface area (Å²) in [5.41, 5.74) is -0.345. The molecule has 2 aromatic rings. The summed E-state index contributed by atoms with van der Waals surface area (Å²) in [5, 5.41) is 14.1. The monoisotopic (exact) mass is 520 g/mol. The molecule has 0 heterocycles. The van der Waals surface area contributed by atoms with Crippen LogP contribution in [-0.4, -0.2) is 61.5 Å². The van der Waals surface area contributed by atoms with Gasteiger partial charge in [-0.25, -0.2) is 8.42 Å². The van der Waals surface area contributed by atoms with Crippen LogP contribution in [0, 0.1) is 10.1 Å². The Bertz CT molecular complexity index is 1210. The van der Waals surface area contributed by atoms with Crippen molar-refractivity contribution in [3.63, 3.8) is 0 Å². The Hall–Kier alpha value is -3.67. The summed E-state index contributed by atoms with van der Waals surface area (Å²) in [6, 6.07) is 11.5. The van der Waals surface area contributed by atoms with Crippen molar-refractivity contribution < 1.29 is 27.7 Å². The first-order valence-corrected chi connectivity index (χ1v) is 12.9. The first-order chi connectivity index (χ1) is 16.6. The fraction of sp³-hybridized carbons (Fsp3) is 0.417. The number of nitrogens with zero attached hydrogens (tertiary/aromatic N) is 3. The molecule has 0 fully saturated rings. The van der Waals surface area contributed by atoms with Gasteiger partial charge in [-0.15, -0.1) is 0 Å². The number of benzene rings is 2. The average molecular weight is 521 g/mol. The summed E-state index contributed by atoms with van der Waals surface area (Å²) < 4.78 is 31.4. The molecule has 2 amide bonds. The number of nitro benzene ring substituents is 1. The zero-order chi connectivity index (χ0) is 27.3. The number of amides is 2. The van der Waals surface area contributed by atoms with E-state index in [9.17, 15) is 28.1 Å². The molecule has 2 aromatic carbocycles. The second-order valence-electron chi connectivity index (χ2n) is 9.31. The van der Waals surface area contributed by atoms with Crippen molar-refractivity contribution >= 4 is 33.2 Å². The standard InChI is InChI=1S/C24H32N4O7S/c1-17(23(30)25-24(2,3)4)26(15-18-10-8-7-9-11-18)22(29)16-27(36(6,33)34)20-14-19(28(31)32)12-13-21(20)35-5/h7-14,17H,15-16H2,1-6H3,(H,25,30)/t17-/m0/s1. The van der Waals surface area contributed by atoms with Crippen LogP contribution < -0.4 is 14.4 Å². The average Bonchev–Trinajstić information content (AvgIpc) is 2.78. The van der Waals surface area contributed by atoms with Gasteiger partial charge in [-0.05, 0) is 39.3 Å². The third-order valence-electron chi connectivity index (χ3n) is 5.18. The molecule has 36 heavy (non-hydrogen) atoms. The SMILES string of the molecule is COc1ccc([N+](=O)[O-])cc1N(CC(=O)N(Cc1ccccc1)[C@@H](C)C(=O)NC(C)(C)C)S(C)(=O)=O. The van der Waals surface area contributed by atoms with E-state index in [2.05, 4.69) is 5.32 Å². The molecule has 0 spiro atoms. The second kappa shape index (κ2) is 11.4. The Morgan fingerprint density at radius 1 is 1.14 bits per heavy atom. The number of nitro groups is 1. The van der Waals surface area contributed by atoms with Gasteiger partial charge < -0.3 is 15.0 Å². The maximum Gasteiger partial charge on any atom is 0.271 e. The number of methoxy groups -OCH3 is 1. The summed E-state index contributed by atoms with van der Waals surface area (Å²) >= 11 is 0. The van der Waals surface area contributed by atoms with Crippen molar-refractivity contribution in [3.05, 3.63) is 64.2 Å². The molecule has 0 saturated heterocycles. The van der Waals surface area contributed by atoms with Crippen LogP contribution in [0.15, 0.2) is 48.5 Å². The first kappa shape index (κ1) is 28.6. The van der Waals surface area contributed by atoms with Crippen LogP contribution in [0.2, 0.25) is 0 Å². The van der Waals surface area contributed by atoms with E-state index in [1.165, 1.54) is 24.1 Å². The highest BCUT2D eigenvalue weighted by Gasteiger charge is 2.32. The van der Waals surface area contributed by atoms with Gasteiger partial charge >= 0.3 is 0 Å². The van der Waals surface area contributed by atoms with Crippen molar-refractivity contribution in [1.82, 2.24) is 10.2 Å². The van der Waals surface area contributed by atoms with Gasteiger partial charge in [0.05, 0.1) is 18.3 Å². The van der Waals surface area contributed by atoms with Crippen LogP contribution in [-0.2, 0) is 26.2 Å². The number of carbonyl (C=O) groups excluding carboxylic acids is 2. The summed E-state index contributed by atoms with van der Waals surface area (Å²) in [7, 11) is -2.80. The third-order valence-corrected chi connectivity index (χ3v) is 6.31. The van der Waals surface area contributed by atoms with Gasteiger partial charge in [-0.1, -0.05) is 30.3 Å². The molecule has 0 unspecified atom stereocenters. The molecule has 11 nitrogen and oxygen atoms in total. The van der Waals surface area contributed by atoms with Gasteiger partial charge in [-0.3, -0.25) is 24.0 Å². The fourth-order valence-corrected chi connectivity index (χ4v) is 4.26. The first-order valence-electron chi connectivity index (χ1n) is 11.1. The van der Waals surface area contributed by atoms with Gasteiger partial charge in [-0.2, -0.15) is 0 Å². The van der Waals surface area contributed by atoms with Gasteiger partial charge in [0, 0.05) is 24.2 Å². The maximum atomic E-state index is 13.6. The summed E-state index contributed by atoms with van der Waals surface area (Å²) in [6.07, 6.45) is 0.885. The predicted octanol–water partition coefficient (Wildman–Crippen LogP) is 2.70. The minimum atomic E-state index is -4.09. The minimum Gasteiger partial charge on any atom is -0.495 e. The molecular formula is C24H32N4O7S. The third kappa shape index (κ3) is 7.67. The van der Waals surface area contributed by atoms with Gasteiger partial charge in [0.2, 0.25) is 21.8 Å². The molecule has 0 aliphatic heterocycles. The van der Waals surface area contributed by atoms with E-state index >= 15 is 0 Å². The Kier molecular flexibility index (Phi) is 9.03. The molecule has 2 rings (SSSR count). The summed E-state index contributed by atoms with van der Waals surface area (Å²) in [5.74, 6) is -1.05. The van der Waals surface area contributed by atoms with E-state index in [1.807, 2.05) is 6.07 Å². The van der Waals surface area contributed by atoms with Crippen molar-refractivity contribution in [2.45, 2.75) is 45.8 Å². The van der Waals surface area contributed by atoms with E-state index < -0.39 is 44.9 Å². The molecule has 1 atom stereocenters. The molecule has 0 aromatic heterocycles. The number of nitrogens with one attached hydrogen (secondary N) is 1. The minimum absolute atomic E-state index is 0.0342. The van der Waals surface area contributed by atoms with Crippen LogP contribution in [0.3, 0.4) is 0 Å². The molecule has 0 aliphatic carbocycles. The quantitative estimate of drug-likeness (QED) is 0.375. The van der Waals surface area contributed by atoms with Gasteiger partial charge in [0.1, 0.15) is 24.0 Å². The highest BCUT2D eigenvalue weighted by Crippen LogP contribution is 2.33. The lowest BCUT2D eigenvalue weighted by Gasteiger charge is -2.33. The number of anilines is 1. The number of sulfonamides is 1. The van der Waals surface area contributed by atoms with Crippen LogP contribution in [0.25, 0.3) is 0 Å². The van der Waals surface area contributed by atoms with Crippen LogP contribution in [0.5, 0.6) is 5.75 Å². The highest BCUT2D eigenvalue weighted by molar-refractivity contribution is 7.92. The zero-order valence-corrected chi connectivity index (χ0v) is 22.0. The largest absolute Gasteiger partial charge is 0.495 e. The van der Waals surface area contributed by atoms with Crippen molar-refractivity contribution in [1.29, 1.82) is 0 Å². The maximum absolute atomic E-state index is 13.6. The van der Waals surface area contributed by atoms with E-state index in [-0.39, 0.29) is 23.7 Å². The molecule has 0 aliphatic rings. The number of hydrogen-bond donors (Lipinski definition) is 1. The van der Waals surface area contributed by atoms with E-state index in [4.69, 9.17) is 4.74 Å². The fourth-order valence-electron chi connectivity index (χ4n) is 3.42. The molecule has 1 N–H and O–H groups in total. The number of non-ortho nitro benzene ring substituents is 1. The number of carbonyl (C=O) groups is 2. The Morgan fingerprint density at radius 2 is 1.75 bits per heavy atom. The topological polar surface area (TPSA) is 139 Å². The van der Waals surface area contributed by atoms with E-state index in [0.29, 0.717) is 0 Å². The Morgan fingerprint density at radius 3 is 2.25 bits per heavy atom. The molecular weight excluding hydrogens is 488 g/mol. The normalized spacial score (nSPS) is 12.4. The Balaban J connectivity index is 2.51. The van der Waals surface area contributed by atoms with Gasteiger partial charge in [0.15, 0.2) is 0 Å². The van der Waals surface area contributed by atoms with E-state index in [0.717, 1.165) is 22.2 Å². The lowest BCUT2D eigenvalue weighted by Crippen LogP contribution is -2.54. The van der Waals surface area contributed by atoms with Crippen LogP contribution in [0.4, 0.5) is 11.4 Å². The van der Waals surface area contributed by atoms with Crippen LogP contribution in [0.1, 0.15) is 33.3 Å². The number of rotatable bonds is 10. The lowest BCUT2D eigenvalue weighted by atomic mass is 10.1. The van der Waals surface area contributed by atoms with Gasteiger partial charge in [0.25, 0.3) is 5.69 Å². The van der Waals surface area contributed by atoms with Crippen molar-refractivity contribution in [2.24, 2.45) is 0 Å². The van der Waals surface area contributed by atoms with Crippen molar-refractivity contribution in [3.8, 4) is 5.75 Å².